The SMILES string of the molecule is CCCCCN1C(=O)C(=O)/C(=C(\O)c2cccc(OCCC)c2)C1c1ccc(C)o1. The number of aryl methyl sites for hydroxylation is 1. The van der Waals surface area contributed by atoms with Crippen LogP contribution in [0.3, 0.4) is 0 Å². The molecule has 1 aromatic carbocycles. The number of aliphatic hydroxyl groups is 1. The third kappa shape index (κ3) is 4.42. The summed E-state index contributed by atoms with van der Waals surface area (Å²) in [6.07, 6.45) is 3.58. The Morgan fingerprint density at radius 1 is 1.13 bits per heavy atom. The fourth-order valence-corrected chi connectivity index (χ4v) is 3.65. The first kappa shape index (κ1) is 21.7. The Balaban J connectivity index is 2.05. The number of likely N-dealkylation sites (tertiary alicyclic amines) is 1. The molecule has 1 fully saturated rings. The maximum absolute atomic E-state index is 12.9. The lowest BCUT2D eigenvalue weighted by molar-refractivity contribution is -0.140. The molecule has 6 heteroatoms. The lowest BCUT2D eigenvalue weighted by atomic mass is 9.99. The van der Waals surface area contributed by atoms with Gasteiger partial charge < -0.3 is 19.2 Å². The van der Waals surface area contributed by atoms with Gasteiger partial charge >= 0.3 is 0 Å². The van der Waals surface area contributed by atoms with Crippen LogP contribution in [0, 0.1) is 6.92 Å². The van der Waals surface area contributed by atoms with Gasteiger partial charge in [-0.3, -0.25) is 9.59 Å². The molecule has 1 N–H and O–H groups in total. The molecule has 1 aromatic heterocycles. The Hall–Kier alpha value is -3.02. The number of nitrogens with zero attached hydrogens (tertiary/aromatic N) is 1. The molecule has 0 radical (unpaired) electrons. The van der Waals surface area contributed by atoms with Crippen molar-refractivity contribution in [2.45, 2.75) is 52.5 Å². The van der Waals surface area contributed by atoms with Crippen molar-refractivity contribution in [3.8, 4) is 5.75 Å². The van der Waals surface area contributed by atoms with Crippen molar-refractivity contribution in [1.29, 1.82) is 0 Å². The van der Waals surface area contributed by atoms with E-state index in [4.69, 9.17) is 9.15 Å². The van der Waals surface area contributed by atoms with Crippen LogP contribution in [-0.4, -0.2) is 34.8 Å². The number of furan rings is 1. The number of hydrogen-bond acceptors (Lipinski definition) is 5. The van der Waals surface area contributed by atoms with E-state index in [1.54, 1.807) is 43.3 Å². The van der Waals surface area contributed by atoms with E-state index in [1.807, 2.05) is 6.92 Å². The van der Waals surface area contributed by atoms with Gasteiger partial charge in [0.2, 0.25) is 0 Å². The second-order valence-corrected chi connectivity index (χ2v) is 7.52. The van der Waals surface area contributed by atoms with Gasteiger partial charge in [0.05, 0.1) is 12.2 Å². The molecule has 1 unspecified atom stereocenters. The van der Waals surface area contributed by atoms with E-state index in [9.17, 15) is 14.7 Å². The van der Waals surface area contributed by atoms with Gasteiger partial charge in [0.15, 0.2) is 0 Å². The van der Waals surface area contributed by atoms with Gasteiger partial charge in [-0.15, -0.1) is 0 Å². The summed E-state index contributed by atoms with van der Waals surface area (Å²) in [5.41, 5.74) is 0.488. The lowest BCUT2D eigenvalue weighted by Gasteiger charge is -2.23. The molecule has 1 atom stereocenters. The summed E-state index contributed by atoms with van der Waals surface area (Å²) in [6.45, 7) is 6.88. The van der Waals surface area contributed by atoms with Crippen molar-refractivity contribution < 1.29 is 23.8 Å². The highest BCUT2D eigenvalue weighted by Gasteiger charge is 2.47. The van der Waals surface area contributed by atoms with Crippen LogP contribution in [0.5, 0.6) is 5.75 Å². The molecular formula is C24H29NO5. The zero-order chi connectivity index (χ0) is 21.7. The molecule has 2 heterocycles. The largest absolute Gasteiger partial charge is 0.507 e. The highest BCUT2D eigenvalue weighted by atomic mass is 16.5. The zero-order valence-corrected chi connectivity index (χ0v) is 17.8. The van der Waals surface area contributed by atoms with Crippen molar-refractivity contribution in [1.82, 2.24) is 4.90 Å². The fourth-order valence-electron chi connectivity index (χ4n) is 3.65. The smallest absolute Gasteiger partial charge is 0.295 e. The highest BCUT2D eigenvalue weighted by molar-refractivity contribution is 6.46. The number of benzene rings is 1. The predicted octanol–water partition coefficient (Wildman–Crippen LogP) is 4.99. The van der Waals surface area contributed by atoms with E-state index >= 15 is 0 Å². The van der Waals surface area contributed by atoms with E-state index in [1.165, 1.54) is 4.90 Å². The monoisotopic (exact) mass is 411 g/mol. The van der Waals surface area contributed by atoms with Crippen molar-refractivity contribution in [2.75, 3.05) is 13.2 Å². The molecule has 160 valence electrons. The number of rotatable bonds is 9. The molecule has 0 aliphatic carbocycles. The Bertz CT molecular complexity index is 943. The average Bonchev–Trinajstić information content (AvgIpc) is 3.28. The van der Waals surface area contributed by atoms with Gasteiger partial charge in [0.25, 0.3) is 11.7 Å². The Labute approximate surface area is 177 Å². The predicted molar refractivity (Wildman–Crippen MR) is 114 cm³/mol. The number of carbonyl (C=O) groups excluding carboxylic acids is 2. The summed E-state index contributed by atoms with van der Waals surface area (Å²) < 4.78 is 11.4. The third-order valence-corrected chi connectivity index (χ3v) is 5.15. The van der Waals surface area contributed by atoms with Crippen molar-refractivity contribution in [2.24, 2.45) is 0 Å². The Morgan fingerprint density at radius 3 is 2.60 bits per heavy atom. The van der Waals surface area contributed by atoms with Gasteiger partial charge in [0, 0.05) is 12.1 Å². The van der Waals surface area contributed by atoms with E-state index in [2.05, 4.69) is 6.92 Å². The lowest BCUT2D eigenvalue weighted by Crippen LogP contribution is -2.30. The van der Waals surface area contributed by atoms with Gasteiger partial charge in [-0.1, -0.05) is 38.8 Å². The number of aliphatic hydroxyl groups excluding tert-OH is 1. The molecule has 3 rings (SSSR count). The summed E-state index contributed by atoms with van der Waals surface area (Å²) in [7, 11) is 0. The maximum Gasteiger partial charge on any atom is 0.295 e. The summed E-state index contributed by atoms with van der Waals surface area (Å²) in [5, 5.41) is 11.1. The van der Waals surface area contributed by atoms with Crippen molar-refractivity contribution in [3.05, 3.63) is 59.1 Å². The molecule has 2 aromatic rings. The standard InChI is InChI=1S/C24H29NO5/c1-4-6-7-13-25-21(19-12-11-16(3)30-19)20(23(27)24(25)28)22(26)17-9-8-10-18(15-17)29-14-5-2/h8-12,15,21,26H,4-7,13-14H2,1-3H3/b22-20-. The fraction of sp³-hybridized carbons (Fsp3) is 0.417. The first-order chi connectivity index (χ1) is 14.5. The summed E-state index contributed by atoms with van der Waals surface area (Å²) in [4.78, 5) is 27.3. The summed E-state index contributed by atoms with van der Waals surface area (Å²) in [6, 6.07) is 9.74. The quantitative estimate of drug-likeness (QED) is 0.272. The molecule has 1 aliphatic rings. The average molecular weight is 411 g/mol. The molecular weight excluding hydrogens is 382 g/mol. The minimum atomic E-state index is -0.740. The Morgan fingerprint density at radius 2 is 1.93 bits per heavy atom. The zero-order valence-electron chi connectivity index (χ0n) is 17.8. The first-order valence-electron chi connectivity index (χ1n) is 10.6. The van der Waals surface area contributed by atoms with Crippen LogP contribution in [0.4, 0.5) is 0 Å². The number of ketones is 1. The number of amides is 1. The first-order valence-corrected chi connectivity index (χ1v) is 10.6. The van der Waals surface area contributed by atoms with E-state index in [-0.39, 0.29) is 11.3 Å². The molecule has 0 bridgehead atoms. The highest BCUT2D eigenvalue weighted by Crippen LogP contribution is 2.40. The van der Waals surface area contributed by atoms with Crippen LogP contribution in [0.1, 0.15) is 62.7 Å². The second-order valence-electron chi connectivity index (χ2n) is 7.52. The molecule has 1 aliphatic heterocycles. The molecule has 6 nitrogen and oxygen atoms in total. The molecule has 1 saturated heterocycles. The van der Waals surface area contributed by atoms with Crippen LogP contribution in [-0.2, 0) is 9.59 Å². The minimum Gasteiger partial charge on any atom is -0.507 e. The molecule has 0 spiro atoms. The van der Waals surface area contributed by atoms with Crippen LogP contribution < -0.4 is 4.74 Å². The maximum atomic E-state index is 12.9. The summed E-state index contributed by atoms with van der Waals surface area (Å²) in [5.74, 6) is 0.242. The van der Waals surface area contributed by atoms with Crippen LogP contribution >= 0.6 is 0 Å². The molecule has 30 heavy (non-hydrogen) atoms. The number of hydrogen-bond donors (Lipinski definition) is 1. The molecule has 0 saturated carbocycles. The normalized spacial score (nSPS) is 18.2. The van der Waals surface area contributed by atoms with Gasteiger partial charge in [-0.25, -0.2) is 0 Å². The van der Waals surface area contributed by atoms with E-state index < -0.39 is 17.7 Å². The van der Waals surface area contributed by atoms with E-state index in [0.717, 1.165) is 25.7 Å². The molecule has 1 amide bonds. The van der Waals surface area contributed by atoms with Crippen molar-refractivity contribution >= 4 is 17.4 Å². The van der Waals surface area contributed by atoms with E-state index in [0.29, 0.717) is 36.0 Å². The summed E-state index contributed by atoms with van der Waals surface area (Å²) >= 11 is 0. The number of unbranched alkanes of at least 4 members (excludes halogenated alkanes) is 2. The van der Waals surface area contributed by atoms with Gasteiger partial charge in [-0.05, 0) is 44.0 Å². The number of Topliss-reactive ketones (excluding diaryl/α,β-unsaturated/α-hetero) is 1. The van der Waals surface area contributed by atoms with Gasteiger partial charge in [0.1, 0.15) is 29.1 Å². The van der Waals surface area contributed by atoms with Crippen LogP contribution in [0.15, 0.2) is 46.4 Å². The Kier molecular flexibility index (Phi) is 6.98. The third-order valence-electron chi connectivity index (χ3n) is 5.15. The minimum absolute atomic E-state index is 0.0542. The van der Waals surface area contributed by atoms with Gasteiger partial charge in [-0.2, -0.15) is 0 Å². The number of ether oxygens (including phenoxy) is 1. The van der Waals surface area contributed by atoms with Crippen LogP contribution in [0.2, 0.25) is 0 Å². The van der Waals surface area contributed by atoms with Crippen LogP contribution in [0.25, 0.3) is 5.76 Å². The number of carbonyl (C=O) groups is 2. The topological polar surface area (TPSA) is 80.0 Å². The van der Waals surface area contributed by atoms with Crippen molar-refractivity contribution in [3.63, 3.8) is 0 Å². The second kappa shape index (κ2) is 9.65.